The predicted octanol–water partition coefficient (Wildman–Crippen LogP) is 3.59. The first-order valence-electron chi connectivity index (χ1n) is 4.35. The van der Waals surface area contributed by atoms with Gasteiger partial charge in [-0.3, -0.25) is 0 Å². The zero-order valence-corrected chi connectivity index (χ0v) is 8.09. The highest BCUT2D eigenvalue weighted by Gasteiger charge is 2.06. The van der Waals surface area contributed by atoms with E-state index in [1.807, 2.05) is 6.08 Å². The molecule has 1 unspecified atom stereocenters. The Labute approximate surface area is 74.9 Å². The van der Waals surface area contributed by atoms with Crippen LogP contribution < -0.4 is 0 Å². The van der Waals surface area contributed by atoms with Crippen molar-refractivity contribution in [2.45, 2.75) is 26.7 Å². The quantitative estimate of drug-likeness (QED) is 0.580. The Bertz CT molecular complexity index is 264. The van der Waals surface area contributed by atoms with E-state index in [1.54, 1.807) is 0 Å². The van der Waals surface area contributed by atoms with Crippen molar-refractivity contribution >= 4 is 0 Å². The molecule has 0 spiro atoms. The van der Waals surface area contributed by atoms with Crippen LogP contribution in [0.2, 0.25) is 0 Å². The smallest absolute Gasteiger partial charge is 0.000787 e. The fraction of sp³-hybridized carbons (Fsp3) is 0.333. The monoisotopic (exact) mass is 160 g/mol. The lowest BCUT2D eigenvalue weighted by molar-refractivity contribution is 0.940. The van der Waals surface area contributed by atoms with Gasteiger partial charge in [0.05, 0.1) is 0 Å². The molecule has 0 aliphatic rings. The van der Waals surface area contributed by atoms with Gasteiger partial charge in [-0.2, -0.15) is 0 Å². The van der Waals surface area contributed by atoms with Gasteiger partial charge in [-0.05, 0) is 36.5 Å². The van der Waals surface area contributed by atoms with Crippen LogP contribution in [0.4, 0.5) is 0 Å². The topological polar surface area (TPSA) is 0 Å². The van der Waals surface area contributed by atoms with Crippen molar-refractivity contribution in [1.82, 2.24) is 0 Å². The lowest BCUT2D eigenvalue weighted by Gasteiger charge is -2.13. The van der Waals surface area contributed by atoms with E-state index in [4.69, 9.17) is 0 Å². The zero-order valence-electron chi connectivity index (χ0n) is 8.09. The molecule has 0 N–H and O–H groups in total. The van der Waals surface area contributed by atoms with Gasteiger partial charge in [0.1, 0.15) is 0 Å². The van der Waals surface area contributed by atoms with Crippen molar-refractivity contribution in [1.29, 1.82) is 0 Å². The van der Waals surface area contributed by atoms with E-state index < -0.39 is 0 Å². The van der Waals surface area contributed by atoms with Gasteiger partial charge >= 0.3 is 0 Å². The molecule has 1 aromatic rings. The Kier molecular flexibility index (Phi) is 2.69. The molecule has 0 fully saturated rings. The SMILES string of the molecule is C=CC(C)c1c(C)cccc1C. The van der Waals surface area contributed by atoms with E-state index in [1.165, 1.54) is 16.7 Å². The summed E-state index contributed by atoms with van der Waals surface area (Å²) in [6.07, 6.45) is 2.00. The average molecular weight is 160 g/mol. The fourth-order valence-corrected chi connectivity index (χ4v) is 1.66. The lowest BCUT2D eigenvalue weighted by atomic mass is 9.92. The van der Waals surface area contributed by atoms with E-state index in [-0.39, 0.29) is 0 Å². The van der Waals surface area contributed by atoms with Crippen LogP contribution in [0.25, 0.3) is 0 Å². The Hall–Kier alpha value is -1.04. The second kappa shape index (κ2) is 3.57. The first-order chi connectivity index (χ1) is 5.66. The largest absolute Gasteiger partial charge is 0.102 e. The van der Waals surface area contributed by atoms with E-state index >= 15 is 0 Å². The summed E-state index contributed by atoms with van der Waals surface area (Å²) in [6, 6.07) is 6.41. The molecule has 0 amide bonds. The maximum atomic E-state index is 3.82. The Balaban J connectivity index is 3.20. The average Bonchev–Trinajstić information content (AvgIpc) is 2.03. The second-order valence-electron chi connectivity index (χ2n) is 3.33. The Morgan fingerprint density at radius 2 is 1.75 bits per heavy atom. The third kappa shape index (κ3) is 1.58. The number of rotatable bonds is 2. The van der Waals surface area contributed by atoms with Crippen LogP contribution in [-0.2, 0) is 0 Å². The number of benzene rings is 1. The predicted molar refractivity (Wildman–Crippen MR) is 54.5 cm³/mol. The van der Waals surface area contributed by atoms with Crippen LogP contribution in [0.15, 0.2) is 30.9 Å². The van der Waals surface area contributed by atoms with Crippen LogP contribution in [0.1, 0.15) is 29.5 Å². The molecule has 64 valence electrons. The number of hydrogen-bond donors (Lipinski definition) is 0. The van der Waals surface area contributed by atoms with E-state index in [0.717, 1.165) is 0 Å². The molecule has 1 aromatic carbocycles. The summed E-state index contributed by atoms with van der Waals surface area (Å²) in [6.45, 7) is 10.3. The normalized spacial score (nSPS) is 12.6. The van der Waals surface area contributed by atoms with Gasteiger partial charge in [0.2, 0.25) is 0 Å². The Morgan fingerprint density at radius 1 is 1.25 bits per heavy atom. The molecule has 0 aliphatic heterocycles. The van der Waals surface area contributed by atoms with Gasteiger partial charge in [0.15, 0.2) is 0 Å². The summed E-state index contributed by atoms with van der Waals surface area (Å²) < 4.78 is 0. The van der Waals surface area contributed by atoms with Crippen LogP contribution in [-0.4, -0.2) is 0 Å². The minimum Gasteiger partial charge on any atom is -0.102 e. The summed E-state index contributed by atoms with van der Waals surface area (Å²) in [5, 5.41) is 0. The van der Waals surface area contributed by atoms with Crippen molar-refractivity contribution in [2.24, 2.45) is 0 Å². The van der Waals surface area contributed by atoms with Crippen molar-refractivity contribution in [3.05, 3.63) is 47.5 Å². The third-order valence-corrected chi connectivity index (χ3v) is 2.35. The highest BCUT2D eigenvalue weighted by atomic mass is 14.1. The molecular weight excluding hydrogens is 144 g/mol. The molecule has 0 heteroatoms. The van der Waals surface area contributed by atoms with Crippen LogP contribution >= 0.6 is 0 Å². The van der Waals surface area contributed by atoms with E-state index in [0.29, 0.717) is 5.92 Å². The zero-order chi connectivity index (χ0) is 9.14. The van der Waals surface area contributed by atoms with Gasteiger partial charge in [0, 0.05) is 0 Å². The van der Waals surface area contributed by atoms with E-state index in [9.17, 15) is 0 Å². The molecule has 0 saturated carbocycles. The van der Waals surface area contributed by atoms with Crippen LogP contribution in [0.3, 0.4) is 0 Å². The second-order valence-corrected chi connectivity index (χ2v) is 3.33. The lowest BCUT2D eigenvalue weighted by Crippen LogP contribution is -1.96. The van der Waals surface area contributed by atoms with Crippen LogP contribution in [0, 0.1) is 13.8 Å². The maximum absolute atomic E-state index is 3.82. The highest BCUT2D eigenvalue weighted by Crippen LogP contribution is 2.23. The van der Waals surface area contributed by atoms with Gasteiger partial charge in [-0.15, -0.1) is 6.58 Å². The molecular formula is C12H16. The molecule has 0 radical (unpaired) electrons. The summed E-state index contributed by atoms with van der Waals surface area (Å²) >= 11 is 0. The van der Waals surface area contributed by atoms with Crippen molar-refractivity contribution in [3.8, 4) is 0 Å². The first-order valence-corrected chi connectivity index (χ1v) is 4.35. The molecule has 12 heavy (non-hydrogen) atoms. The van der Waals surface area contributed by atoms with Crippen molar-refractivity contribution < 1.29 is 0 Å². The Morgan fingerprint density at radius 3 is 2.17 bits per heavy atom. The number of aryl methyl sites for hydroxylation is 2. The summed E-state index contributed by atoms with van der Waals surface area (Å²) in [5.74, 6) is 0.464. The van der Waals surface area contributed by atoms with Gasteiger partial charge < -0.3 is 0 Å². The number of hydrogen-bond acceptors (Lipinski definition) is 0. The standard InChI is InChI=1S/C12H16/c1-5-9(2)12-10(3)7-6-8-11(12)4/h5-9H,1H2,2-4H3. The van der Waals surface area contributed by atoms with E-state index in [2.05, 4.69) is 45.5 Å². The molecule has 1 rings (SSSR count). The van der Waals surface area contributed by atoms with Crippen molar-refractivity contribution in [3.63, 3.8) is 0 Å². The molecule has 0 nitrogen and oxygen atoms in total. The fourth-order valence-electron chi connectivity index (χ4n) is 1.66. The molecule has 0 heterocycles. The first kappa shape index (κ1) is 9.05. The molecule has 0 aromatic heterocycles. The molecule has 0 aliphatic carbocycles. The molecule has 1 atom stereocenters. The highest BCUT2D eigenvalue weighted by molar-refractivity contribution is 5.37. The third-order valence-electron chi connectivity index (χ3n) is 2.35. The minimum atomic E-state index is 0.464. The summed E-state index contributed by atoms with van der Waals surface area (Å²) in [5.41, 5.74) is 4.15. The summed E-state index contributed by atoms with van der Waals surface area (Å²) in [4.78, 5) is 0. The number of allylic oxidation sites excluding steroid dienone is 1. The summed E-state index contributed by atoms with van der Waals surface area (Å²) in [7, 11) is 0. The molecule has 0 bridgehead atoms. The minimum absolute atomic E-state index is 0.464. The molecule has 0 saturated heterocycles. The van der Waals surface area contributed by atoms with Gasteiger partial charge in [-0.1, -0.05) is 31.2 Å². The van der Waals surface area contributed by atoms with Gasteiger partial charge in [0.25, 0.3) is 0 Å². The van der Waals surface area contributed by atoms with Crippen LogP contribution in [0.5, 0.6) is 0 Å². The van der Waals surface area contributed by atoms with Crippen molar-refractivity contribution in [2.75, 3.05) is 0 Å². The maximum Gasteiger partial charge on any atom is -0.000787 e. The van der Waals surface area contributed by atoms with Gasteiger partial charge in [-0.25, -0.2) is 0 Å².